The Morgan fingerprint density at radius 2 is 1.72 bits per heavy atom. The molecule has 0 aliphatic heterocycles. The molecule has 0 saturated carbocycles. The zero-order valence-electron chi connectivity index (χ0n) is 15.5. The lowest BCUT2D eigenvalue weighted by atomic mass is 10.2. The van der Waals surface area contributed by atoms with Crippen molar-refractivity contribution in [3.8, 4) is 0 Å². The molecule has 0 unspecified atom stereocenters. The minimum atomic E-state index is -0.479. The van der Waals surface area contributed by atoms with Gasteiger partial charge >= 0.3 is 0 Å². The van der Waals surface area contributed by atoms with E-state index in [-0.39, 0.29) is 11.0 Å². The number of thiocarbonyl (C=S) groups is 1. The Labute approximate surface area is 178 Å². The van der Waals surface area contributed by atoms with Crippen LogP contribution in [-0.4, -0.2) is 22.8 Å². The normalized spacial score (nSPS) is 10.3. The van der Waals surface area contributed by atoms with E-state index in [1.54, 1.807) is 61.5 Å². The fourth-order valence-electron chi connectivity index (χ4n) is 2.10. The molecule has 2 aromatic rings. The summed E-state index contributed by atoms with van der Waals surface area (Å²) in [5.74, 6) is -1.05. The summed E-state index contributed by atoms with van der Waals surface area (Å²) in [7, 11) is 0. The summed E-state index contributed by atoms with van der Waals surface area (Å²) in [4.78, 5) is 35.3. The van der Waals surface area contributed by atoms with E-state index in [1.807, 2.05) is 0 Å². The number of carbonyl (C=O) groups is 3. The Balaban J connectivity index is 1.80. The number of hydrogen-bond acceptors (Lipinski definition) is 4. The average molecular weight is 431 g/mol. The van der Waals surface area contributed by atoms with Crippen LogP contribution in [0.3, 0.4) is 0 Å². The Hall–Kier alpha value is -3.23. The minimum absolute atomic E-state index is 0.0704. The highest BCUT2D eigenvalue weighted by atomic mass is 35.5. The summed E-state index contributed by atoms with van der Waals surface area (Å²) in [5, 5.41) is 5.54. The van der Waals surface area contributed by atoms with Crippen molar-refractivity contribution in [2.24, 2.45) is 0 Å². The van der Waals surface area contributed by atoms with Crippen LogP contribution < -0.4 is 21.5 Å². The molecule has 0 heterocycles. The first kappa shape index (κ1) is 22.1. The summed E-state index contributed by atoms with van der Waals surface area (Å²) in [6.07, 6.45) is 3.20. The zero-order valence-corrected chi connectivity index (χ0v) is 17.1. The lowest BCUT2D eigenvalue weighted by molar-refractivity contribution is -0.116. The van der Waals surface area contributed by atoms with E-state index in [4.69, 9.17) is 23.8 Å². The van der Waals surface area contributed by atoms with Gasteiger partial charge in [0, 0.05) is 28.8 Å². The van der Waals surface area contributed by atoms with Crippen LogP contribution in [0.2, 0.25) is 5.02 Å². The number of anilines is 1. The molecule has 29 heavy (non-hydrogen) atoms. The highest BCUT2D eigenvalue weighted by Crippen LogP contribution is 2.16. The van der Waals surface area contributed by atoms with Gasteiger partial charge in [-0.15, -0.1) is 0 Å². The maximum atomic E-state index is 12.1. The third-order valence-electron chi connectivity index (χ3n) is 3.60. The molecule has 0 saturated heterocycles. The van der Waals surface area contributed by atoms with Gasteiger partial charge in [-0.25, -0.2) is 0 Å². The summed E-state index contributed by atoms with van der Waals surface area (Å²) in [5.41, 5.74) is 6.46. The summed E-state index contributed by atoms with van der Waals surface area (Å²) in [6.45, 7) is 1.75. The van der Waals surface area contributed by atoms with E-state index in [0.29, 0.717) is 28.3 Å². The standard InChI is InChI=1S/C20H19ClN4O3S/c1-2-17(26)22-15-10-7-14(8-11-15)19(28)24-25-20(29)23-18(27)12-9-13-5-3-4-6-16(13)21/h3-12H,2H2,1H3,(H,22,26)(H,24,28)(H2,23,25,27,29)/b12-9+. The maximum absolute atomic E-state index is 12.1. The van der Waals surface area contributed by atoms with Crippen LogP contribution in [0.25, 0.3) is 6.08 Å². The first-order chi connectivity index (χ1) is 13.9. The van der Waals surface area contributed by atoms with Crippen molar-refractivity contribution in [2.75, 3.05) is 5.32 Å². The van der Waals surface area contributed by atoms with Crippen LogP contribution in [0.5, 0.6) is 0 Å². The Morgan fingerprint density at radius 1 is 1.03 bits per heavy atom. The van der Waals surface area contributed by atoms with Gasteiger partial charge in [0.1, 0.15) is 0 Å². The van der Waals surface area contributed by atoms with Gasteiger partial charge in [-0.2, -0.15) is 0 Å². The molecule has 0 atom stereocenters. The zero-order chi connectivity index (χ0) is 21.2. The van der Waals surface area contributed by atoms with Crippen molar-refractivity contribution < 1.29 is 14.4 Å². The van der Waals surface area contributed by atoms with Crippen LogP contribution in [0.4, 0.5) is 5.69 Å². The maximum Gasteiger partial charge on any atom is 0.269 e. The van der Waals surface area contributed by atoms with Gasteiger partial charge in [0.25, 0.3) is 5.91 Å². The van der Waals surface area contributed by atoms with Gasteiger partial charge in [-0.1, -0.05) is 36.7 Å². The van der Waals surface area contributed by atoms with Gasteiger partial charge < -0.3 is 5.32 Å². The van der Waals surface area contributed by atoms with Crippen LogP contribution in [0.15, 0.2) is 54.6 Å². The van der Waals surface area contributed by atoms with E-state index in [2.05, 4.69) is 21.5 Å². The molecule has 2 rings (SSSR count). The smallest absolute Gasteiger partial charge is 0.269 e. The number of benzene rings is 2. The Kier molecular flexibility index (Phi) is 8.32. The number of nitrogens with one attached hydrogen (secondary N) is 4. The number of amides is 3. The molecular weight excluding hydrogens is 412 g/mol. The number of hydrogen-bond donors (Lipinski definition) is 4. The van der Waals surface area contributed by atoms with Crippen molar-refractivity contribution in [3.63, 3.8) is 0 Å². The fourth-order valence-corrected chi connectivity index (χ4v) is 2.45. The van der Waals surface area contributed by atoms with Gasteiger partial charge in [-0.3, -0.25) is 30.6 Å². The predicted molar refractivity (Wildman–Crippen MR) is 117 cm³/mol. The van der Waals surface area contributed by atoms with Crippen LogP contribution >= 0.6 is 23.8 Å². The van der Waals surface area contributed by atoms with E-state index in [9.17, 15) is 14.4 Å². The molecule has 2 aromatic carbocycles. The summed E-state index contributed by atoms with van der Waals surface area (Å²) >= 11 is 11.0. The largest absolute Gasteiger partial charge is 0.326 e. The third-order valence-corrected chi connectivity index (χ3v) is 4.15. The summed E-state index contributed by atoms with van der Waals surface area (Å²) < 4.78 is 0. The van der Waals surface area contributed by atoms with E-state index >= 15 is 0 Å². The molecule has 0 aliphatic rings. The second-order valence-electron chi connectivity index (χ2n) is 5.73. The highest BCUT2D eigenvalue weighted by Gasteiger charge is 2.07. The molecule has 7 nitrogen and oxygen atoms in total. The Morgan fingerprint density at radius 3 is 2.38 bits per heavy atom. The second-order valence-corrected chi connectivity index (χ2v) is 6.55. The number of rotatable bonds is 5. The predicted octanol–water partition coefficient (Wildman–Crippen LogP) is 3.04. The SMILES string of the molecule is CCC(=O)Nc1ccc(C(=O)NNC(=S)NC(=O)/C=C/c2ccccc2Cl)cc1. The van der Waals surface area contributed by atoms with Crippen molar-refractivity contribution in [1.82, 2.24) is 16.2 Å². The molecule has 0 aliphatic carbocycles. The van der Waals surface area contributed by atoms with Crippen molar-refractivity contribution in [2.45, 2.75) is 13.3 Å². The van der Waals surface area contributed by atoms with Crippen LogP contribution in [0, 0.1) is 0 Å². The van der Waals surface area contributed by atoms with Crippen LogP contribution in [-0.2, 0) is 9.59 Å². The van der Waals surface area contributed by atoms with Gasteiger partial charge in [0.05, 0.1) is 0 Å². The lowest BCUT2D eigenvalue weighted by Gasteiger charge is -2.10. The van der Waals surface area contributed by atoms with Gasteiger partial charge in [0.15, 0.2) is 5.11 Å². The molecule has 0 aromatic heterocycles. The number of hydrazine groups is 1. The third kappa shape index (κ3) is 7.36. The van der Waals surface area contributed by atoms with Crippen LogP contribution in [0.1, 0.15) is 29.3 Å². The number of halogens is 1. The fraction of sp³-hybridized carbons (Fsp3) is 0.100. The average Bonchev–Trinajstić information content (AvgIpc) is 2.71. The molecule has 0 bridgehead atoms. The first-order valence-corrected chi connectivity index (χ1v) is 9.41. The van der Waals surface area contributed by atoms with E-state index < -0.39 is 11.8 Å². The molecular formula is C20H19ClN4O3S. The molecule has 0 fully saturated rings. The topological polar surface area (TPSA) is 99.3 Å². The monoisotopic (exact) mass is 430 g/mol. The number of carbonyl (C=O) groups excluding carboxylic acids is 3. The van der Waals surface area contributed by atoms with Gasteiger partial charge in [-0.05, 0) is 54.2 Å². The highest BCUT2D eigenvalue weighted by molar-refractivity contribution is 7.80. The summed E-state index contributed by atoms with van der Waals surface area (Å²) in [6, 6.07) is 13.4. The lowest BCUT2D eigenvalue weighted by Crippen LogP contribution is -2.48. The minimum Gasteiger partial charge on any atom is -0.326 e. The van der Waals surface area contributed by atoms with Crippen molar-refractivity contribution in [3.05, 3.63) is 70.8 Å². The quantitative estimate of drug-likeness (QED) is 0.332. The molecule has 0 spiro atoms. The molecule has 0 radical (unpaired) electrons. The Bertz CT molecular complexity index is 945. The molecule has 9 heteroatoms. The van der Waals surface area contributed by atoms with Crippen molar-refractivity contribution >= 4 is 58.4 Å². The molecule has 4 N–H and O–H groups in total. The second kappa shape index (κ2) is 10.9. The molecule has 3 amide bonds. The van der Waals surface area contributed by atoms with Crippen molar-refractivity contribution in [1.29, 1.82) is 0 Å². The van der Waals surface area contributed by atoms with E-state index in [1.165, 1.54) is 6.08 Å². The van der Waals surface area contributed by atoms with E-state index in [0.717, 1.165) is 0 Å². The van der Waals surface area contributed by atoms with Gasteiger partial charge in [0.2, 0.25) is 11.8 Å². The molecule has 150 valence electrons. The first-order valence-electron chi connectivity index (χ1n) is 8.63.